The number of hydrogen-bond donors (Lipinski definition) is 3. The van der Waals surface area contributed by atoms with Crippen LogP contribution in [0.4, 0.5) is 4.39 Å². The van der Waals surface area contributed by atoms with Crippen LogP contribution >= 0.6 is 0 Å². The van der Waals surface area contributed by atoms with Gasteiger partial charge in [0.25, 0.3) is 11.5 Å². The van der Waals surface area contributed by atoms with E-state index in [1.807, 2.05) is 0 Å². The standard InChI is InChI=1S/C28H32FN7O5/c1-16-13-17(5-6-18(16)29)14-32-21(37)19-20(41-4)23(39)36-15-27(25-30-11-12-31-25)7-9-28(10-8-27,26(36)33-19)34-22(38)24(40)35(2)3/h5-6,11-13H,7-10,14-15H2,1-4H3,(H,30,31)(H,32,37)(H,34,38). The number of carbonyl (C=O) groups is 3. The molecule has 0 atom stereocenters. The van der Waals surface area contributed by atoms with E-state index in [1.54, 1.807) is 31.5 Å². The molecule has 3 N–H and O–H groups in total. The van der Waals surface area contributed by atoms with E-state index in [1.165, 1.54) is 36.7 Å². The van der Waals surface area contributed by atoms with Gasteiger partial charge in [0, 0.05) is 45.0 Å². The number of benzene rings is 1. The first kappa shape index (κ1) is 28.0. The number of methoxy groups -OCH3 is 1. The van der Waals surface area contributed by atoms with Crippen LogP contribution in [0.1, 0.15) is 58.9 Å². The Hall–Kier alpha value is -4.55. The third-order valence-corrected chi connectivity index (χ3v) is 8.13. The summed E-state index contributed by atoms with van der Waals surface area (Å²) in [7, 11) is 4.23. The molecule has 0 spiro atoms. The number of fused-ring (bicyclic) bond motifs is 2. The molecule has 3 aliphatic rings. The second-order valence-electron chi connectivity index (χ2n) is 10.9. The number of likely N-dealkylation sites (N-methyl/N-ethyl adjacent to an activating group) is 1. The second-order valence-corrected chi connectivity index (χ2v) is 10.9. The molecule has 1 saturated carbocycles. The van der Waals surface area contributed by atoms with Crippen LogP contribution in [0, 0.1) is 12.7 Å². The van der Waals surface area contributed by atoms with E-state index in [0.29, 0.717) is 42.6 Å². The molecule has 3 aromatic rings. The summed E-state index contributed by atoms with van der Waals surface area (Å²) in [5, 5.41) is 5.60. The molecular weight excluding hydrogens is 533 g/mol. The molecular formula is C28H32FN7O5. The van der Waals surface area contributed by atoms with Crippen LogP contribution in [0.5, 0.6) is 5.75 Å². The molecule has 1 aliphatic carbocycles. The summed E-state index contributed by atoms with van der Waals surface area (Å²) in [4.78, 5) is 66.4. The highest BCUT2D eigenvalue weighted by molar-refractivity contribution is 6.35. The lowest BCUT2D eigenvalue weighted by Crippen LogP contribution is -2.54. The fourth-order valence-electron chi connectivity index (χ4n) is 5.83. The molecule has 2 bridgehead atoms. The predicted molar refractivity (Wildman–Crippen MR) is 145 cm³/mol. The van der Waals surface area contributed by atoms with Gasteiger partial charge in [-0.25, -0.2) is 14.4 Å². The van der Waals surface area contributed by atoms with Crippen molar-refractivity contribution in [2.24, 2.45) is 0 Å². The normalized spacial score (nSPS) is 21.0. The van der Waals surface area contributed by atoms with Gasteiger partial charge in [0.05, 0.1) is 12.6 Å². The predicted octanol–water partition coefficient (Wildman–Crippen LogP) is 1.28. The molecule has 2 aliphatic heterocycles. The SMILES string of the molecule is COc1c(C(=O)NCc2ccc(F)c(C)c2)nc2n(c1=O)CC1(c3ncc[nH]3)CCC2(NC(=O)C(=O)N(C)C)CC1. The van der Waals surface area contributed by atoms with E-state index in [9.17, 15) is 23.6 Å². The van der Waals surface area contributed by atoms with E-state index in [-0.39, 0.29) is 36.2 Å². The Morgan fingerprint density at radius 3 is 2.54 bits per heavy atom. The Labute approximate surface area is 235 Å². The van der Waals surface area contributed by atoms with Crippen LogP contribution in [0.3, 0.4) is 0 Å². The summed E-state index contributed by atoms with van der Waals surface area (Å²) < 4.78 is 20.5. The van der Waals surface area contributed by atoms with E-state index in [4.69, 9.17) is 4.74 Å². The minimum absolute atomic E-state index is 0.0595. The van der Waals surface area contributed by atoms with Crippen molar-refractivity contribution in [3.05, 3.63) is 75.2 Å². The summed E-state index contributed by atoms with van der Waals surface area (Å²) in [6, 6.07) is 4.49. The van der Waals surface area contributed by atoms with Crippen molar-refractivity contribution >= 4 is 17.7 Å². The van der Waals surface area contributed by atoms with Gasteiger partial charge in [-0.2, -0.15) is 0 Å². The van der Waals surface area contributed by atoms with Crippen molar-refractivity contribution in [2.45, 2.75) is 56.7 Å². The first-order chi connectivity index (χ1) is 19.5. The molecule has 216 valence electrons. The summed E-state index contributed by atoms with van der Waals surface area (Å²) in [6.07, 6.45) is 5.14. The quantitative estimate of drug-likeness (QED) is 0.381. The maximum atomic E-state index is 13.9. The van der Waals surface area contributed by atoms with Crippen LogP contribution in [-0.4, -0.2) is 63.3 Å². The van der Waals surface area contributed by atoms with E-state index in [2.05, 4.69) is 25.6 Å². The average molecular weight is 566 g/mol. The summed E-state index contributed by atoms with van der Waals surface area (Å²) in [5.74, 6) is -1.98. The molecule has 1 aromatic carbocycles. The van der Waals surface area contributed by atoms with Gasteiger partial charge < -0.3 is 25.3 Å². The van der Waals surface area contributed by atoms with Gasteiger partial charge >= 0.3 is 11.8 Å². The Morgan fingerprint density at radius 2 is 1.93 bits per heavy atom. The first-order valence-corrected chi connectivity index (χ1v) is 13.3. The number of ether oxygens (including phenoxy) is 1. The molecule has 13 heteroatoms. The van der Waals surface area contributed by atoms with Gasteiger partial charge in [0.2, 0.25) is 5.75 Å². The smallest absolute Gasteiger partial charge is 0.311 e. The molecule has 3 amide bonds. The largest absolute Gasteiger partial charge is 0.489 e. The minimum atomic E-state index is -1.19. The number of hydrogen-bond acceptors (Lipinski definition) is 7. The molecule has 41 heavy (non-hydrogen) atoms. The third kappa shape index (κ3) is 4.85. The van der Waals surface area contributed by atoms with Crippen LogP contribution in [-0.2, 0) is 33.6 Å². The molecule has 0 unspecified atom stereocenters. The molecule has 6 rings (SSSR count). The number of nitrogens with zero attached hydrogens (tertiary/aromatic N) is 4. The summed E-state index contributed by atoms with van der Waals surface area (Å²) in [6.45, 7) is 1.87. The first-order valence-electron chi connectivity index (χ1n) is 13.3. The zero-order valence-electron chi connectivity index (χ0n) is 23.3. The topological polar surface area (TPSA) is 151 Å². The fourth-order valence-corrected chi connectivity index (χ4v) is 5.83. The summed E-state index contributed by atoms with van der Waals surface area (Å²) >= 11 is 0. The van der Waals surface area contributed by atoms with Gasteiger partial charge in [-0.3, -0.25) is 23.7 Å². The van der Waals surface area contributed by atoms with Crippen molar-refractivity contribution in [1.29, 1.82) is 0 Å². The van der Waals surface area contributed by atoms with Gasteiger partial charge in [0.15, 0.2) is 5.69 Å². The van der Waals surface area contributed by atoms with Crippen molar-refractivity contribution in [3.8, 4) is 5.75 Å². The van der Waals surface area contributed by atoms with Crippen LogP contribution < -0.4 is 20.9 Å². The molecule has 12 nitrogen and oxygen atoms in total. The number of aromatic amines is 1. The lowest BCUT2D eigenvalue weighted by molar-refractivity contribution is -0.145. The van der Waals surface area contributed by atoms with E-state index in [0.717, 1.165) is 0 Å². The Bertz CT molecular complexity index is 1570. The van der Waals surface area contributed by atoms with E-state index < -0.39 is 34.2 Å². The zero-order chi connectivity index (χ0) is 29.5. The van der Waals surface area contributed by atoms with Crippen molar-refractivity contribution in [3.63, 3.8) is 0 Å². The third-order valence-electron chi connectivity index (χ3n) is 8.13. The van der Waals surface area contributed by atoms with Gasteiger partial charge in [0.1, 0.15) is 17.5 Å². The fraction of sp³-hybridized carbons (Fsp3) is 0.429. The number of halogens is 1. The molecule has 1 fully saturated rings. The van der Waals surface area contributed by atoms with Crippen molar-refractivity contribution in [2.75, 3.05) is 21.2 Å². The Morgan fingerprint density at radius 1 is 1.20 bits per heavy atom. The monoisotopic (exact) mass is 565 g/mol. The average Bonchev–Trinajstić information content (AvgIpc) is 3.42. The zero-order valence-corrected chi connectivity index (χ0v) is 23.3. The van der Waals surface area contributed by atoms with Crippen molar-refractivity contribution in [1.82, 2.24) is 35.1 Å². The number of carbonyl (C=O) groups excluding carboxylic acids is 3. The maximum Gasteiger partial charge on any atom is 0.311 e. The van der Waals surface area contributed by atoms with Crippen LogP contribution in [0.2, 0.25) is 0 Å². The number of rotatable bonds is 6. The van der Waals surface area contributed by atoms with Gasteiger partial charge in [-0.15, -0.1) is 0 Å². The highest BCUT2D eigenvalue weighted by Gasteiger charge is 2.53. The number of H-pyrrole nitrogens is 1. The molecule has 0 saturated heterocycles. The number of imidazole rings is 1. The number of amides is 3. The lowest BCUT2D eigenvalue weighted by Gasteiger charge is -2.41. The minimum Gasteiger partial charge on any atom is -0.489 e. The molecule has 4 heterocycles. The number of aryl methyl sites for hydroxylation is 1. The Kier molecular flexibility index (Phi) is 7.14. The van der Waals surface area contributed by atoms with Crippen LogP contribution in [0.15, 0.2) is 35.4 Å². The summed E-state index contributed by atoms with van der Waals surface area (Å²) in [5.41, 5.74) is -1.49. The van der Waals surface area contributed by atoms with Crippen molar-refractivity contribution < 1.29 is 23.5 Å². The van der Waals surface area contributed by atoms with Crippen LogP contribution in [0.25, 0.3) is 0 Å². The van der Waals surface area contributed by atoms with E-state index >= 15 is 0 Å². The Balaban J connectivity index is 1.59. The molecule has 0 radical (unpaired) electrons. The number of aromatic nitrogens is 4. The maximum absolute atomic E-state index is 13.9. The number of nitrogens with one attached hydrogen (secondary N) is 3. The lowest BCUT2D eigenvalue weighted by atomic mass is 9.68. The van der Waals surface area contributed by atoms with Gasteiger partial charge in [-0.05, 0) is 49.8 Å². The second kappa shape index (κ2) is 10.5. The van der Waals surface area contributed by atoms with Gasteiger partial charge in [-0.1, -0.05) is 12.1 Å². The highest BCUT2D eigenvalue weighted by atomic mass is 19.1. The highest BCUT2D eigenvalue weighted by Crippen LogP contribution is 2.50. The molecule has 2 aromatic heterocycles.